The number of carboxylic acid groups (broad SMARTS) is 2. The van der Waals surface area contributed by atoms with Gasteiger partial charge in [-0.1, -0.05) is 30.3 Å². The summed E-state index contributed by atoms with van der Waals surface area (Å²) in [6, 6.07) is 1.68. The molecular weight excluding hydrogens is 606 g/mol. The number of hydrogen-bond acceptors (Lipinski definition) is 10. The topological polar surface area (TPSA) is 328 Å². The Hall–Kier alpha value is -4.81. The van der Waals surface area contributed by atoms with E-state index >= 15 is 0 Å². The van der Waals surface area contributed by atoms with Crippen molar-refractivity contribution in [3.63, 3.8) is 0 Å². The molecule has 256 valence electrons. The number of rotatable bonds is 22. The number of guanidine groups is 1. The van der Waals surface area contributed by atoms with Crippen LogP contribution in [0.5, 0.6) is 0 Å². The van der Waals surface area contributed by atoms with Gasteiger partial charge in [-0.3, -0.25) is 29.0 Å². The average molecular weight is 652 g/mol. The van der Waals surface area contributed by atoms with Gasteiger partial charge in [-0.05, 0) is 44.2 Å². The van der Waals surface area contributed by atoms with Crippen LogP contribution in [0.1, 0.15) is 44.1 Å². The third-order valence-corrected chi connectivity index (χ3v) is 6.60. The van der Waals surface area contributed by atoms with E-state index < -0.39 is 78.8 Å². The third kappa shape index (κ3) is 15.3. The maximum Gasteiger partial charge on any atom is 0.326 e. The smallest absolute Gasteiger partial charge is 0.326 e. The van der Waals surface area contributed by atoms with Crippen LogP contribution in [0.15, 0.2) is 35.3 Å². The summed E-state index contributed by atoms with van der Waals surface area (Å²) in [6.45, 7) is -0.470. The van der Waals surface area contributed by atoms with Gasteiger partial charge in [0.15, 0.2) is 5.96 Å². The number of carbonyl (C=O) groups is 6. The van der Waals surface area contributed by atoms with E-state index in [9.17, 15) is 39.0 Å². The van der Waals surface area contributed by atoms with Gasteiger partial charge in [0.1, 0.15) is 24.2 Å². The maximum absolute atomic E-state index is 13.5. The molecule has 18 heteroatoms. The highest BCUT2D eigenvalue weighted by atomic mass is 16.4. The predicted molar refractivity (Wildman–Crippen MR) is 166 cm³/mol. The Morgan fingerprint density at radius 3 is 1.85 bits per heavy atom. The minimum Gasteiger partial charge on any atom is -0.481 e. The van der Waals surface area contributed by atoms with Crippen molar-refractivity contribution >= 4 is 41.5 Å². The van der Waals surface area contributed by atoms with Gasteiger partial charge in [0.2, 0.25) is 23.6 Å². The number of hydrogen-bond donors (Lipinski definition) is 11. The highest BCUT2D eigenvalue weighted by Crippen LogP contribution is 2.08. The first-order chi connectivity index (χ1) is 21.8. The third-order valence-electron chi connectivity index (χ3n) is 6.60. The molecule has 0 radical (unpaired) electrons. The van der Waals surface area contributed by atoms with E-state index in [2.05, 4.69) is 26.3 Å². The van der Waals surface area contributed by atoms with Crippen LogP contribution in [0.3, 0.4) is 0 Å². The molecule has 0 saturated carbocycles. The van der Waals surface area contributed by atoms with Crippen molar-refractivity contribution in [2.45, 2.75) is 75.2 Å². The zero-order valence-corrected chi connectivity index (χ0v) is 25.4. The molecule has 5 atom stereocenters. The van der Waals surface area contributed by atoms with E-state index in [1.165, 1.54) is 0 Å². The van der Waals surface area contributed by atoms with E-state index in [-0.39, 0.29) is 44.7 Å². The fourth-order valence-corrected chi connectivity index (χ4v) is 4.15. The second-order valence-electron chi connectivity index (χ2n) is 10.4. The molecule has 1 aromatic rings. The van der Waals surface area contributed by atoms with Crippen molar-refractivity contribution < 1.29 is 44.1 Å². The Labute approximate surface area is 265 Å². The minimum absolute atomic E-state index is 0.00792. The largest absolute Gasteiger partial charge is 0.481 e. The van der Waals surface area contributed by atoms with Crippen LogP contribution in [0.4, 0.5) is 0 Å². The first kappa shape index (κ1) is 39.2. The van der Waals surface area contributed by atoms with Crippen molar-refractivity contribution in [2.24, 2.45) is 27.9 Å². The predicted octanol–water partition coefficient (Wildman–Crippen LogP) is -3.77. The summed E-state index contributed by atoms with van der Waals surface area (Å²) in [5.74, 6) is -6.40. The molecule has 4 amide bonds. The lowest BCUT2D eigenvalue weighted by atomic mass is 10.0. The molecular formula is C28H45N9O9. The zero-order chi connectivity index (χ0) is 34.6. The molecule has 0 aromatic heterocycles. The molecule has 0 fully saturated rings. The SMILES string of the molecule is NCCCC[C@H](NC(=O)[C@H](CO)NC(=O)[C@@H](N)CC(=O)O)C(=O)N[C@@H](Cc1ccccc1)C(=O)N[C@@H](CCCN=C(N)N)C(=O)O. The van der Waals surface area contributed by atoms with E-state index in [1.54, 1.807) is 30.3 Å². The van der Waals surface area contributed by atoms with E-state index in [0.717, 1.165) is 0 Å². The molecule has 0 aliphatic heterocycles. The number of carboxylic acids is 2. The Morgan fingerprint density at radius 2 is 1.28 bits per heavy atom. The van der Waals surface area contributed by atoms with Crippen molar-refractivity contribution in [3.8, 4) is 0 Å². The number of aliphatic carboxylic acids is 2. The van der Waals surface area contributed by atoms with Gasteiger partial charge < -0.3 is 59.5 Å². The lowest BCUT2D eigenvalue weighted by Gasteiger charge is -2.26. The van der Waals surface area contributed by atoms with Crippen molar-refractivity contribution in [3.05, 3.63) is 35.9 Å². The highest BCUT2D eigenvalue weighted by molar-refractivity contribution is 5.96. The van der Waals surface area contributed by atoms with Crippen LogP contribution in [-0.2, 0) is 35.2 Å². The number of aliphatic imine (C=N–C) groups is 1. The molecule has 0 saturated heterocycles. The van der Waals surface area contributed by atoms with Crippen LogP contribution in [0.2, 0.25) is 0 Å². The molecule has 1 rings (SSSR count). The van der Waals surface area contributed by atoms with Crippen molar-refractivity contribution in [1.29, 1.82) is 0 Å². The Morgan fingerprint density at radius 1 is 0.739 bits per heavy atom. The molecule has 0 unspecified atom stereocenters. The molecule has 0 aliphatic carbocycles. The van der Waals surface area contributed by atoms with Gasteiger partial charge in [0.25, 0.3) is 0 Å². The number of carbonyl (C=O) groups excluding carboxylic acids is 4. The monoisotopic (exact) mass is 651 g/mol. The maximum atomic E-state index is 13.5. The van der Waals surface area contributed by atoms with Crippen LogP contribution >= 0.6 is 0 Å². The molecule has 1 aromatic carbocycles. The molecule has 46 heavy (non-hydrogen) atoms. The number of nitrogens with two attached hydrogens (primary N) is 4. The number of aliphatic hydroxyl groups excluding tert-OH is 1. The molecule has 0 aliphatic rings. The second kappa shape index (κ2) is 21.0. The molecule has 18 nitrogen and oxygen atoms in total. The lowest BCUT2D eigenvalue weighted by Crippen LogP contribution is -2.59. The standard InChI is InChI=1S/C28H45N9O9/c29-11-5-4-9-18(34-26(44)21(15-38)37-23(41)17(30)14-22(39)40)24(42)36-20(13-16-7-2-1-3-8-16)25(43)35-19(27(45)46)10-6-12-33-28(31)32/h1-3,7-8,17-21,38H,4-6,9-15,29-30H2,(H,34,44)(H,35,43)(H,36,42)(H,37,41)(H,39,40)(H,45,46)(H4,31,32,33)/t17-,18-,19-,20-,21-/m0/s1. The summed E-state index contributed by atoms with van der Waals surface area (Å²) < 4.78 is 0. The minimum atomic E-state index is -1.57. The molecule has 0 bridgehead atoms. The van der Waals surface area contributed by atoms with E-state index in [1.807, 2.05) is 0 Å². The summed E-state index contributed by atoms with van der Waals surface area (Å²) in [4.78, 5) is 78.6. The van der Waals surface area contributed by atoms with Gasteiger partial charge in [-0.15, -0.1) is 0 Å². The van der Waals surface area contributed by atoms with Gasteiger partial charge in [-0.25, -0.2) is 4.79 Å². The van der Waals surface area contributed by atoms with Crippen LogP contribution in [0.25, 0.3) is 0 Å². The Bertz CT molecular complexity index is 1200. The Kier molecular flexibility index (Phi) is 17.9. The summed E-state index contributed by atoms with van der Waals surface area (Å²) in [6.07, 6.45) is 0.398. The summed E-state index contributed by atoms with van der Waals surface area (Å²) in [7, 11) is 0. The zero-order valence-electron chi connectivity index (χ0n) is 25.4. The van der Waals surface area contributed by atoms with Crippen LogP contribution in [-0.4, -0.2) is 107 Å². The number of nitrogens with zero attached hydrogens (tertiary/aromatic N) is 1. The van der Waals surface area contributed by atoms with E-state index in [4.69, 9.17) is 28.0 Å². The summed E-state index contributed by atoms with van der Waals surface area (Å²) in [5.41, 5.74) is 22.3. The number of nitrogens with one attached hydrogen (secondary N) is 4. The molecule has 0 heterocycles. The number of amides is 4. The average Bonchev–Trinajstić information content (AvgIpc) is 3.00. The first-order valence-electron chi connectivity index (χ1n) is 14.6. The van der Waals surface area contributed by atoms with Gasteiger partial charge in [0.05, 0.1) is 19.1 Å². The fourth-order valence-electron chi connectivity index (χ4n) is 4.15. The summed E-state index contributed by atoms with van der Waals surface area (Å²) in [5, 5.41) is 37.9. The lowest BCUT2D eigenvalue weighted by molar-refractivity contribution is -0.142. The number of aliphatic hydroxyl groups is 1. The number of benzene rings is 1. The van der Waals surface area contributed by atoms with Crippen molar-refractivity contribution in [1.82, 2.24) is 21.3 Å². The van der Waals surface area contributed by atoms with Gasteiger partial charge >= 0.3 is 11.9 Å². The highest BCUT2D eigenvalue weighted by Gasteiger charge is 2.32. The first-order valence-corrected chi connectivity index (χ1v) is 14.6. The molecule has 15 N–H and O–H groups in total. The fraction of sp³-hybridized carbons (Fsp3) is 0.536. The molecule has 0 spiro atoms. The van der Waals surface area contributed by atoms with Crippen LogP contribution in [0, 0.1) is 0 Å². The van der Waals surface area contributed by atoms with Gasteiger partial charge in [0, 0.05) is 13.0 Å². The van der Waals surface area contributed by atoms with Gasteiger partial charge in [-0.2, -0.15) is 0 Å². The quantitative estimate of drug-likeness (QED) is 0.0326. The van der Waals surface area contributed by atoms with Crippen molar-refractivity contribution in [2.75, 3.05) is 19.7 Å². The van der Waals surface area contributed by atoms with E-state index in [0.29, 0.717) is 18.4 Å². The Balaban J connectivity index is 3.16. The van der Waals surface area contributed by atoms with Crippen LogP contribution < -0.4 is 44.2 Å². The number of unbranched alkanes of at least 4 members (excludes halogenated alkanes) is 1. The second-order valence-corrected chi connectivity index (χ2v) is 10.4. The normalized spacial score (nSPS) is 14.0. The summed E-state index contributed by atoms with van der Waals surface area (Å²) >= 11 is 0.